The molecular weight excluding hydrogens is 296 g/mol. The van der Waals surface area contributed by atoms with E-state index in [1.54, 1.807) is 17.8 Å². The van der Waals surface area contributed by atoms with E-state index in [9.17, 15) is 9.59 Å². The SMILES string of the molecule is COC(=O)[C@@H](C)NC(=O)[C@H]1CNC[C@@H]1c1cnn(C)c1.Cl. The molecule has 8 heteroatoms. The van der Waals surface area contributed by atoms with E-state index in [-0.39, 0.29) is 30.2 Å². The normalized spacial score (nSPS) is 22.2. The third kappa shape index (κ3) is 3.95. The summed E-state index contributed by atoms with van der Waals surface area (Å²) < 4.78 is 6.33. The molecule has 0 saturated carbocycles. The van der Waals surface area contributed by atoms with Crippen LogP contribution in [0.25, 0.3) is 0 Å². The summed E-state index contributed by atoms with van der Waals surface area (Å²) in [5, 5.41) is 10.1. The molecular formula is C13H21ClN4O3. The van der Waals surface area contributed by atoms with E-state index in [0.29, 0.717) is 6.54 Å². The molecule has 0 unspecified atom stereocenters. The maximum absolute atomic E-state index is 12.3. The Hall–Kier alpha value is -1.60. The van der Waals surface area contributed by atoms with Crippen LogP contribution in [0.2, 0.25) is 0 Å². The van der Waals surface area contributed by atoms with E-state index in [4.69, 9.17) is 0 Å². The third-order valence-electron chi connectivity index (χ3n) is 3.62. The second kappa shape index (κ2) is 7.42. The van der Waals surface area contributed by atoms with Crippen LogP contribution in [0.4, 0.5) is 0 Å². The van der Waals surface area contributed by atoms with Crippen LogP contribution in [0, 0.1) is 5.92 Å². The predicted molar refractivity (Wildman–Crippen MR) is 79.2 cm³/mol. The monoisotopic (exact) mass is 316 g/mol. The Morgan fingerprint density at radius 1 is 1.52 bits per heavy atom. The van der Waals surface area contributed by atoms with Gasteiger partial charge in [-0.15, -0.1) is 12.4 Å². The molecule has 0 spiro atoms. The van der Waals surface area contributed by atoms with E-state index >= 15 is 0 Å². The summed E-state index contributed by atoms with van der Waals surface area (Å²) in [5.74, 6) is -0.705. The zero-order chi connectivity index (χ0) is 14.7. The highest BCUT2D eigenvalue weighted by Gasteiger charge is 2.35. The van der Waals surface area contributed by atoms with Gasteiger partial charge in [-0.25, -0.2) is 4.79 Å². The van der Waals surface area contributed by atoms with Crippen molar-refractivity contribution in [1.29, 1.82) is 0 Å². The van der Waals surface area contributed by atoms with Gasteiger partial charge in [0.05, 0.1) is 19.2 Å². The van der Waals surface area contributed by atoms with Gasteiger partial charge in [0.25, 0.3) is 0 Å². The molecule has 1 amide bonds. The van der Waals surface area contributed by atoms with Gasteiger partial charge in [-0.3, -0.25) is 9.48 Å². The lowest BCUT2D eigenvalue weighted by Gasteiger charge is -2.19. The molecule has 1 aliphatic heterocycles. The largest absolute Gasteiger partial charge is 0.467 e. The van der Waals surface area contributed by atoms with Crippen molar-refractivity contribution in [3.63, 3.8) is 0 Å². The van der Waals surface area contributed by atoms with Crippen LogP contribution in [0.1, 0.15) is 18.4 Å². The topological polar surface area (TPSA) is 85.2 Å². The van der Waals surface area contributed by atoms with Gasteiger partial charge >= 0.3 is 5.97 Å². The Labute approximate surface area is 129 Å². The fourth-order valence-corrected chi connectivity index (χ4v) is 2.49. The number of nitrogens with one attached hydrogen (secondary N) is 2. The first-order chi connectivity index (χ1) is 9.52. The molecule has 0 radical (unpaired) electrons. The highest BCUT2D eigenvalue weighted by Crippen LogP contribution is 2.27. The van der Waals surface area contributed by atoms with Crippen molar-refractivity contribution >= 4 is 24.3 Å². The number of carbonyl (C=O) groups excluding carboxylic acids is 2. The second-order valence-corrected chi connectivity index (χ2v) is 5.07. The summed E-state index contributed by atoms with van der Waals surface area (Å²) in [5.41, 5.74) is 1.03. The predicted octanol–water partition coefficient (Wildman–Crippen LogP) is -0.177. The van der Waals surface area contributed by atoms with Crippen LogP contribution >= 0.6 is 12.4 Å². The van der Waals surface area contributed by atoms with Crippen molar-refractivity contribution in [3.05, 3.63) is 18.0 Å². The van der Waals surface area contributed by atoms with Crippen LogP contribution < -0.4 is 10.6 Å². The summed E-state index contributed by atoms with van der Waals surface area (Å²) in [6.45, 7) is 2.95. The second-order valence-electron chi connectivity index (χ2n) is 5.07. The van der Waals surface area contributed by atoms with Crippen molar-refractivity contribution in [3.8, 4) is 0 Å². The molecule has 1 fully saturated rings. The standard InChI is InChI=1S/C13H20N4O3.ClH/c1-8(13(19)20-3)16-12(18)11-6-14-5-10(11)9-4-15-17(2)7-9;/h4,7-8,10-11,14H,5-6H2,1-3H3,(H,16,18);1H/t8-,10-,11+;/m1./s1. The van der Waals surface area contributed by atoms with Crippen LogP contribution in [0.3, 0.4) is 0 Å². The van der Waals surface area contributed by atoms with Gasteiger partial charge in [0.2, 0.25) is 5.91 Å². The molecule has 0 aromatic carbocycles. The molecule has 2 N–H and O–H groups in total. The van der Waals surface area contributed by atoms with Crippen molar-refractivity contribution in [2.24, 2.45) is 13.0 Å². The smallest absolute Gasteiger partial charge is 0.328 e. The van der Waals surface area contributed by atoms with E-state index in [0.717, 1.165) is 12.1 Å². The molecule has 3 atom stereocenters. The van der Waals surface area contributed by atoms with Gasteiger partial charge in [-0.2, -0.15) is 5.10 Å². The van der Waals surface area contributed by atoms with Crippen molar-refractivity contribution in [2.45, 2.75) is 18.9 Å². The fraction of sp³-hybridized carbons (Fsp3) is 0.615. The quantitative estimate of drug-likeness (QED) is 0.753. The summed E-state index contributed by atoms with van der Waals surface area (Å²) in [6, 6.07) is -0.636. The first-order valence-corrected chi connectivity index (χ1v) is 6.60. The van der Waals surface area contributed by atoms with E-state index in [1.165, 1.54) is 7.11 Å². The van der Waals surface area contributed by atoms with E-state index < -0.39 is 12.0 Å². The number of ether oxygens (including phenoxy) is 1. The maximum atomic E-state index is 12.3. The average Bonchev–Trinajstić information content (AvgIpc) is 3.05. The molecule has 2 rings (SSSR count). The molecule has 21 heavy (non-hydrogen) atoms. The summed E-state index contributed by atoms with van der Waals surface area (Å²) in [4.78, 5) is 23.6. The van der Waals surface area contributed by atoms with E-state index in [2.05, 4.69) is 20.5 Å². The molecule has 1 aliphatic rings. The summed E-state index contributed by atoms with van der Waals surface area (Å²) in [7, 11) is 3.15. The highest BCUT2D eigenvalue weighted by molar-refractivity contribution is 5.86. The first kappa shape index (κ1) is 17.5. The molecule has 0 aliphatic carbocycles. The minimum atomic E-state index is -0.636. The van der Waals surface area contributed by atoms with Crippen LogP contribution in [-0.4, -0.2) is 47.9 Å². The van der Waals surface area contributed by atoms with Gasteiger partial charge in [-0.05, 0) is 12.5 Å². The fourth-order valence-electron chi connectivity index (χ4n) is 2.49. The maximum Gasteiger partial charge on any atom is 0.328 e. The molecule has 0 bridgehead atoms. The van der Waals surface area contributed by atoms with E-state index in [1.807, 2.05) is 13.2 Å². The molecule has 1 saturated heterocycles. The Bertz CT molecular complexity index is 505. The number of hydrogen-bond acceptors (Lipinski definition) is 5. The number of rotatable bonds is 4. The van der Waals surface area contributed by atoms with Crippen molar-refractivity contribution < 1.29 is 14.3 Å². The Morgan fingerprint density at radius 3 is 2.81 bits per heavy atom. The van der Waals surface area contributed by atoms with Gasteiger partial charge in [-0.1, -0.05) is 0 Å². The third-order valence-corrected chi connectivity index (χ3v) is 3.62. The van der Waals surface area contributed by atoms with Crippen molar-refractivity contribution in [1.82, 2.24) is 20.4 Å². The minimum absolute atomic E-state index is 0. The lowest BCUT2D eigenvalue weighted by Crippen LogP contribution is -2.43. The Kier molecular flexibility index (Phi) is 6.17. The molecule has 1 aromatic rings. The van der Waals surface area contributed by atoms with Crippen molar-refractivity contribution in [2.75, 3.05) is 20.2 Å². The Balaban J connectivity index is 0.00000220. The Morgan fingerprint density at radius 2 is 2.24 bits per heavy atom. The first-order valence-electron chi connectivity index (χ1n) is 6.60. The number of nitrogens with zero attached hydrogens (tertiary/aromatic N) is 2. The highest BCUT2D eigenvalue weighted by atomic mass is 35.5. The summed E-state index contributed by atoms with van der Waals surface area (Å²) in [6.07, 6.45) is 3.70. The van der Waals surface area contributed by atoms with Gasteiger partial charge in [0.1, 0.15) is 6.04 Å². The number of carbonyl (C=O) groups is 2. The number of halogens is 1. The van der Waals surface area contributed by atoms with Gasteiger partial charge < -0.3 is 15.4 Å². The zero-order valence-corrected chi connectivity index (χ0v) is 13.1. The lowest BCUT2D eigenvalue weighted by atomic mass is 9.90. The zero-order valence-electron chi connectivity index (χ0n) is 12.3. The summed E-state index contributed by atoms with van der Waals surface area (Å²) >= 11 is 0. The van der Waals surface area contributed by atoms with Gasteiger partial charge in [0, 0.05) is 32.3 Å². The molecule has 118 valence electrons. The number of methoxy groups -OCH3 is 1. The van der Waals surface area contributed by atoms with Crippen LogP contribution in [0.5, 0.6) is 0 Å². The molecule has 2 heterocycles. The number of aromatic nitrogens is 2. The van der Waals surface area contributed by atoms with Gasteiger partial charge in [0.15, 0.2) is 0 Å². The minimum Gasteiger partial charge on any atom is -0.467 e. The number of hydrogen-bond donors (Lipinski definition) is 2. The lowest BCUT2D eigenvalue weighted by molar-refractivity contribution is -0.145. The molecule has 7 nitrogen and oxygen atoms in total. The molecule has 1 aromatic heterocycles. The van der Waals surface area contributed by atoms with Crippen LogP contribution in [-0.2, 0) is 21.4 Å². The number of amides is 1. The van der Waals surface area contributed by atoms with Crippen LogP contribution in [0.15, 0.2) is 12.4 Å². The average molecular weight is 317 g/mol. The number of esters is 1. The number of aryl methyl sites for hydroxylation is 1.